The van der Waals surface area contributed by atoms with Crippen molar-refractivity contribution in [1.82, 2.24) is 5.32 Å². The zero-order valence-electron chi connectivity index (χ0n) is 12.0. The molecule has 5 heteroatoms. The van der Waals surface area contributed by atoms with Gasteiger partial charge in [0.05, 0.1) is 0 Å². The summed E-state index contributed by atoms with van der Waals surface area (Å²) in [4.78, 5) is 0. The van der Waals surface area contributed by atoms with Gasteiger partial charge in [-0.15, -0.1) is 11.5 Å². The fraction of sp³-hybridized carbons (Fsp3) is 0.467. The van der Waals surface area contributed by atoms with Crippen molar-refractivity contribution < 1.29 is 13.2 Å². The molecule has 1 aromatic carbocycles. The maximum Gasteiger partial charge on any atom is 0.404 e. The molecule has 0 saturated heterocycles. The van der Waals surface area contributed by atoms with Crippen molar-refractivity contribution in [2.24, 2.45) is 0 Å². The summed E-state index contributed by atoms with van der Waals surface area (Å²) in [7, 11) is -1.63. The second kappa shape index (κ2) is 6.96. The maximum absolute atomic E-state index is 12.9. The number of hydrogen-bond donors (Lipinski definition) is 1. The van der Waals surface area contributed by atoms with Crippen LogP contribution in [-0.2, 0) is 6.54 Å². The Labute approximate surface area is 119 Å². The van der Waals surface area contributed by atoms with Crippen LogP contribution < -0.4 is 5.32 Å². The lowest BCUT2D eigenvalue weighted by Gasteiger charge is -2.20. The van der Waals surface area contributed by atoms with Crippen molar-refractivity contribution in [2.45, 2.75) is 44.8 Å². The zero-order valence-corrected chi connectivity index (χ0v) is 13.0. The number of halogens is 3. The van der Waals surface area contributed by atoms with Crippen molar-refractivity contribution in [3.8, 4) is 11.5 Å². The highest BCUT2D eigenvalue weighted by Gasteiger charge is 2.38. The van der Waals surface area contributed by atoms with Gasteiger partial charge in [0, 0.05) is 13.0 Å². The van der Waals surface area contributed by atoms with Crippen LogP contribution in [0.1, 0.15) is 12.0 Å². The van der Waals surface area contributed by atoms with Crippen molar-refractivity contribution in [1.29, 1.82) is 0 Å². The summed E-state index contributed by atoms with van der Waals surface area (Å²) in [6, 6.07) is 7.48. The van der Waals surface area contributed by atoms with Gasteiger partial charge in [0.15, 0.2) is 0 Å². The van der Waals surface area contributed by atoms with E-state index in [4.69, 9.17) is 0 Å². The van der Waals surface area contributed by atoms with Gasteiger partial charge in [0.25, 0.3) is 0 Å². The number of hydrogen-bond acceptors (Lipinski definition) is 1. The fourth-order valence-electron chi connectivity index (χ4n) is 1.56. The Bertz CT molecular complexity index is 466. The highest BCUT2D eigenvalue weighted by Crippen LogP contribution is 2.22. The number of nitrogens with one attached hydrogen (secondary N) is 1. The molecule has 0 radical (unpaired) electrons. The van der Waals surface area contributed by atoms with Gasteiger partial charge in [-0.3, -0.25) is 0 Å². The van der Waals surface area contributed by atoms with Crippen LogP contribution in [0.15, 0.2) is 30.3 Å². The zero-order chi connectivity index (χ0) is 15.2. The monoisotopic (exact) mass is 299 g/mol. The van der Waals surface area contributed by atoms with E-state index in [0.29, 0.717) is 0 Å². The van der Waals surface area contributed by atoms with E-state index in [-0.39, 0.29) is 13.0 Å². The van der Waals surface area contributed by atoms with Crippen molar-refractivity contribution in [3.63, 3.8) is 0 Å². The third-order valence-electron chi connectivity index (χ3n) is 2.56. The summed E-state index contributed by atoms with van der Waals surface area (Å²) in [5.41, 5.74) is 3.80. The lowest BCUT2D eigenvalue weighted by atomic mass is 10.1. The van der Waals surface area contributed by atoms with E-state index in [0.717, 1.165) is 5.56 Å². The summed E-state index contributed by atoms with van der Waals surface area (Å²) in [5.74, 6) is 2.70. The first-order valence-electron chi connectivity index (χ1n) is 6.52. The van der Waals surface area contributed by atoms with Gasteiger partial charge in [0.1, 0.15) is 14.1 Å². The van der Waals surface area contributed by atoms with Crippen LogP contribution in [-0.4, -0.2) is 20.3 Å². The van der Waals surface area contributed by atoms with Gasteiger partial charge >= 0.3 is 6.18 Å². The highest BCUT2D eigenvalue weighted by molar-refractivity contribution is 6.83. The van der Waals surface area contributed by atoms with Gasteiger partial charge in [-0.05, 0) is 5.56 Å². The van der Waals surface area contributed by atoms with Crippen LogP contribution in [0.2, 0.25) is 19.6 Å². The SMILES string of the molecule is C[Si](C)(C)C#CCC(NCc1ccccc1)C(F)(F)F. The van der Waals surface area contributed by atoms with E-state index in [1.54, 1.807) is 12.1 Å². The molecule has 0 aliphatic heterocycles. The van der Waals surface area contributed by atoms with Crippen LogP contribution in [0.5, 0.6) is 0 Å². The molecule has 0 saturated carbocycles. The Morgan fingerprint density at radius 3 is 2.25 bits per heavy atom. The Kier molecular flexibility index (Phi) is 5.84. The highest BCUT2D eigenvalue weighted by atomic mass is 28.3. The predicted molar refractivity (Wildman–Crippen MR) is 78.9 cm³/mol. The van der Waals surface area contributed by atoms with Crippen molar-refractivity contribution in [2.75, 3.05) is 0 Å². The van der Waals surface area contributed by atoms with E-state index in [1.165, 1.54) is 0 Å². The van der Waals surface area contributed by atoms with Crippen LogP contribution in [0.4, 0.5) is 13.2 Å². The second-order valence-corrected chi connectivity index (χ2v) is 10.5. The summed E-state index contributed by atoms with van der Waals surface area (Å²) in [6.45, 7) is 6.24. The molecule has 0 aliphatic rings. The Morgan fingerprint density at radius 1 is 1.15 bits per heavy atom. The molecule has 0 bridgehead atoms. The van der Waals surface area contributed by atoms with Crippen molar-refractivity contribution in [3.05, 3.63) is 35.9 Å². The Hall–Kier alpha value is -1.25. The lowest BCUT2D eigenvalue weighted by Crippen LogP contribution is -2.41. The molecule has 1 rings (SSSR count). The fourth-order valence-corrected chi connectivity index (χ4v) is 2.19. The van der Waals surface area contributed by atoms with E-state index < -0.39 is 20.3 Å². The minimum Gasteiger partial charge on any atom is -0.301 e. The van der Waals surface area contributed by atoms with E-state index >= 15 is 0 Å². The second-order valence-electron chi connectivity index (χ2n) is 5.72. The Balaban J connectivity index is 2.64. The molecule has 1 aromatic rings. The Morgan fingerprint density at radius 2 is 1.75 bits per heavy atom. The molecule has 0 heterocycles. The minimum atomic E-state index is -4.27. The molecule has 0 spiro atoms. The quantitative estimate of drug-likeness (QED) is 0.655. The molecule has 1 atom stereocenters. The molecule has 0 aliphatic carbocycles. The number of rotatable bonds is 4. The van der Waals surface area contributed by atoms with Crippen molar-refractivity contribution >= 4 is 8.07 Å². The molecular weight excluding hydrogens is 279 g/mol. The van der Waals surface area contributed by atoms with Gasteiger partial charge in [-0.25, -0.2) is 0 Å². The predicted octanol–water partition coefficient (Wildman–Crippen LogP) is 3.98. The standard InChI is InChI=1S/C15H20F3NSi/c1-20(2,3)11-7-10-14(15(16,17)18)19-12-13-8-5-4-6-9-13/h4-6,8-9,14,19H,10,12H2,1-3H3. The molecule has 1 N–H and O–H groups in total. The van der Waals surface area contributed by atoms with Crippen LogP contribution >= 0.6 is 0 Å². The molecule has 110 valence electrons. The average molecular weight is 299 g/mol. The molecular formula is C15H20F3NSi. The van der Waals surface area contributed by atoms with Gasteiger partial charge in [0.2, 0.25) is 0 Å². The minimum absolute atomic E-state index is 0.194. The van der Waals surface area contributed by atoms with E-state index in [2.05, 4.69) is 16.8 Å². The van der Waals surface area contributed by atoms with Crippen LogP contribution in [0.3, 0.4) is 0 Å². The summed E-state index contributed by atoms with van der Waals surface area (Å²) in [5, 5.41) is 2.55. The van der Waals surface area contributed by atoms with Gasteiger partial charge < -0.3 is 5.32 Å². The average Bonchev–Trinajstić information content (AvgIpc) is 2.32. The topological polar surface area (TPSA) is 12.0 Å². The van der Waals surface area contributed by atoms with E-state index in [9.17, 15) is 13.2 Å². The number of alkyl halides is 3. The first-order valence-corrected chi connectivity index (χ1v) is 10.0. The first-order chi connectivity index (χ1) is 9.18. The van der Waals surface area contributed by atoms with Crippen LogP contribution in [0.25, 0.3) is 0 Å². The maximum atomic E-state index is 12.9. The lowest BCUT2D eigenvalue weighted by molar-refractivity contribution is -0.154. The van der Waals surface area contributed by atoms with Gasteiger partial charge in [-0.2, -0.15) is 13.2 Å². The molecule has 20 heavy (non-hydrogen) atoms. The smallest absolute Gasteiger partial charge is 0.301 e. The van der Waals surface area contributed by atoms with Gasteiger partial charge in [-0.1, -0.05) is 50.0 Å². The summed E-state index contributed by atoms with van der Waals surface area (Å²) < 4.78 is 38.8. The number of benzene rings is 1. The normalized spacial score (nSPS) is 13.5. The largest absolute Gasteiger partial charge is 0.404 e. The molecule has 0 amide bonds. The van der Waals surface area contributed by atoms with E-state index in [1.807, 2.05) is 37.8 Å². The molecule has 1 nitrogen and oxygen atoms in total. The molecule has 0 aromatic heterocycles. The summed E-state index contributed by atoms with van der Waals surface area (Å²) >= 11 is 0. The third kappa shape index (κ3) is 6.78. The van der Waals surface area contributed by atoms with Crippen LogP contribution in [0, 0.1) is 11.5 Å². The summed E-state index contributed by atoms with van der Waals surface area (Å²) in [6.07, 6.45) is -4.47. The molecule has 1 unspecified atom stereocenters. The first kappa shape index (κ1) is 16.8. The molecule has 0 fully saturated rings. The third-order valence-corrected chi connectivity index (χ3v) is 3.49.